The summed E-state index contributed by atoms with van der Waals surface area (Å²) in [4.78, 5) is 0. The minimum Gasteiger partial charge on any atom is -0.380 e. The zero-order chi connectivity index (χ0) is 13.6. The molecule has 0 saturated heterocycles. The van der Waals surface area contributed by atoms with Gasteiger partial charge in [-0.2, -0.15) is 0 Å². The predicted octanol–water partition coefficient (Wildman–Crippen LogP) is 3.46. The maximum absolute atomic E-state index is 14.0. The molecule has 0 aromatic heterocycles. The van der Waals surface area contributed by atoms with Crippen LogP contribution in [0.4, 0.5) is 8.78 Å². The maximum atomic E-state index is 14.0. The Morgan fingerprint density at radius 1 is 1.11 bits per heavy atom. The van der Waals surface area contributed by atoms with E-state index in [1.807, 2.05) is 25.1 Å². The van der Waals surface area contributed by atoms with Crippen molar-refractivity contribution in [3.63, 3.8) is 0 Å². The van der Waals surface area contributed by atoms with Gasteiger partial charge in [-0.25, -0.2) is 8.78 Å². The summed E-state index contributed by atoms with van der Waals surface area (Å²) in [5.41, 5.74) is 1.29. The highest BCUT2D eigenvalue weighted by molar-refractivity contribution is 5.47. The summed E-state index contributed by atoms with van der Waals surface area (Å²) in [6, 6.07) is 9.71. The predicted molar refractivity (Wildman–Crippen MR) is 68.9 cm³/mol. The van der Waals surface area contributed by atoms with E-state index in [4.69, 9.17) is 0 Å². The molecule has 0 fully saturated rings. The lowest BCUT2D eigenvalue weighted by atomic mass is 9.87. The molecule has 1 N–H and O–H groups in total. The first kappa shape index (κ1) is 12.3. The topological polar surface area (TPSA) is 20.2 Å². The van der Waals surface area contributed by atoms with Crippen LogP contribution in [0.2, 0.25) is 0 Å². The summed E-state index contributed by atoms with van der Waals surface area (Å²) in [6.45, 7) is 1.92. The van der Waals surface area contributed by atoms with Gasteiger partial charge in [0.25, 0.3) is 0 Å². The largest absolute Gasteiger partial charge is 0.380 e. The number of fused-ring (bicyclic) bond motifs is 1. The van der Waals surface area contributed by atoms with Crippen molar-refractivity contribution in [3.8, 4) is 0 Å². The van der Waals surface area contributed by atoms with E-state index in [9.17, 15) is 13.9 Å². The van der Waals surface area contributed by atoms with Crippen LogP contribution < -0.4 is 0 Å². The highest BCUT2D eigenvalue weighted by Crippen LogP contribution is 2.43. The Kier molecular flexibility index (Phi) is 2.68. The van der Waals surface area contributed by atoms with Gasteiger partial charge >= 0.3 is 0 Å². The van der Waals surface area contributed by atoms with Gasteiger partial charge in [0.1, 0.15) is 5.60 Å². The summed E-state index contributed by atoms with van der Waals surface area (Å²) in [7, 11) is 0. The number of benzene rings is 2. The lowest BCUT2D eigenvalue weighted by Crippen LogP contribution is -2.26. The van der Waals surface area contributed by atoms with Crippen LogP contribution in [0.1, 0.15) is 28.7 Å². The van der Waals surface area contributed by atoms with Crippen molar-refractivity contribution < 1.29 is 13.9 Å². The second-order valence-corrected chi connectivity index (χ2v) is 5.12. The van der Waals surface area contributed by atoms with Crippen molar-refractivity contribution in [2.24, 2.45) is 0 Å². The molecule has 0 spiro atoms. The standard InChI is InChI=1S/C16H14F2O/c1-10-5-6-11-7-8-16(19,13(11)9-10)12-3-2-4-14(17)15(12)18/h2-6,9,19H,7-8H2,1H3. The fraction of sp³-hybridized carbons (Fsp3) is 0.250. The normalized spacial score (nSPS) is 21.5. The molecular formula is C16H14F2O. The van der Waals surface area contributed by atoms with Gasteiger partial charge in [-0.1, -0.05) is 35.9 Å². The lowest BCUT2D eigenvalue weighted by molar-refractivity contribution is 0.0780. The van der Waals surface area contributed by atoms with E-state index in [1.165, 1.54) is 12.1 Å². The molecule has 98 valence electrons. The molecule has 3 rings (SSSR count). The van der Waals surface area contributed by atoms with Crippen LogP contribution in [-0.2, 0) is 12.0 Å². The van der Waals surface area contributed by atoms with Gasteiger partial charge in [0.2, 0.25) is 0 Å². The Labute approximate surface area is 110 Å². The van der Waals surface area contributed by atoms with Gasteiger partial charge in [0.05, 0.1) is 0 Å². The Morgan fingerprint density at radius 3 is 2.68 bits per heavy atom. The highest BCUT2D eigenvalue weighted by atomic mass is 19.2. The molecule has 0 amide bonds. The number of halogens is 2. The van der Waals surface area contributed by atoms with E-state index < -0.39 is 17.2 Å². The number of hydrogen-bond acceptors (Lipinski definition) is 1. The van der Waals surface area contributed by atoms with Crippen LogP contribution in [0.25, 0.3) is 0 Å². The molecule has 0 aliphatic heterocycles. The molecule has 2 aromatic carbocycles. The Balaban J connectivity index is 2.22. The van der Waals surface area contributed by atoms with Crippen LogP contribution in [0, 0.1) is 18.6 Å². The number of aryl methyl sites for hydroxylation is 2. The van der Waals surface area contributed by atoms with E-state index in [0.29, 0.717) is 18.4 Å². The molecule has 1 unspecified atom stereocenters. The molecule has 1 atom stereocenters. The minimum atomic E-state index is -1.42. The van der Waals surface area contributed by atoms with Crippen molar-refractivity contribution >= 4 is 0 Å². The average molecular weight is 260 g/mol. The lowest BCUT2D eigenvalue weighted by Gasteiger charge is -2.25. The van der Waals surface area contributed by atoms with Crippen molar-refractivity contribution in [3.05, 3.63) is 70.3 Å². The highest BCUT2D eigenvalue weighted by Gasteiger charge is 2.40. The monoisotopic (exact) mass is 260 g/mol. The Bertz CT molecular complexity index is 651. The average Bonchev–Trinajstić information content (AvgIpc) is 2.71. The third-order valence-electron chi connectivity index (χ3n) is 3.86. The second-order valence-electron chi connectivity index (χ2n) is 5.12. The third kappa shape index (κ3) is 1.77. The summed E-state index contributed by atoms with van der Waals surface area (Å²) in [5.74, 6) is -1.88. The second kappa shape index (κ2) is 4.14. The van der Waals surface area contributed by atoms with Gasteiger partial charge in [0.15, 0.2) is 11.6 Å². The van der Waals surface area contributed by atoms with Crippen LogP contribution in [-0.4, -0.2) is 5.11 Å². The van der Waals surface area contributed by atoms with Gasteiger partial charge in [-0.15, -0.1) is 0 Å². The molecule has 1 aliphatic carbocycles. The zero-order valence-corrected chi connectivity index (χ0v) is 10.6. The van der Waals surface area contributed by atoms with Crippen molar-refractivity contribution in [2.75, 3.05) is 0 Å². The first-order valence-corrected chi connectivity index (χ1v) is 6.29. The number of aliphatic hydroxyl groups is 1. The Hall–Kier alpha value is -1.74. The maximum Gasteiger partial charge on any atom is 0.165 e. The SMILES string of the molecule is Cc1ccc2c(c1)C(O)(c1cccc(F)c1F)CC2. The summed E-state index contributed by atoms with van der Waals surface area (Å²) in [6.07, 6.45) is 1.05. The quantitative estimate of drug-likeness (QED) is 0.832. The summed E-state index contributed by atoms with van der Waals surface area (Å²) < 4.78 is 27.3. The van der Waals surface area contributed by atoms with Crippen molar-refractivity contribution in [2.45, 2.75) is 25.4 Å². The fourth-order valence-corrected chi connectivity index (χ4v) is 2.85. The fourth-order valence-electron chi connectivity index (χ4n) is 2.85. The molecule has 19 heavy (non-hydrogen) atoms. The summed E-state index contributed by atoms with van der Waals surface area (Å²) in [5, 5.41) is 10.8. The molecule has 1 aliphatic rings. The van der Waals surface area contributed by atoms with Gasteiger partial charge in [0, 0.05) is 5.56 Å². The Morgan fingerprint density at radius 2 is 1.89 bits per heavy atom. The molecule has 2 aromatic rings. The van der Waals surface area contributed by atoms with Gasteiger partial charge in [-0.05, 0) is 37.0 Å². The molecule has 0 heterocycles. The van der Waals surface area contributed by atoms with Crippen LogP contribution in [0.5, 0.6) is 0 Å². The molecule has 0 saturated carbocycles. The van der Waals surface area contributed by atoms with E-state index >= 15 is 0 Å². The number of rotatable bonds is 1. The smallest absolute Gasteiger partial charge is 0.165 e. The summed E-state index contributed by atoms with van der Waals surface area (Å²) >= 11 is 0. The molecule has 1 nitrogen and oxygen atoms in total. The van der Waals surface area contributed by atoms with Crippen molar-refractivity contribution in [1.82, 2.24) is 0 Å². The molecular weight excluding hydrogens is 246 g/mol. The van der Waals surface area contributed by atoms with Gasteiger partial charge in [-0.3, -0.25) is 0 Å². The van der Waals surface area contributed by atoms with Crippen LogP contribution in [0.3, 0.4) is 0 Å². The minimum absolute atomic E-state index is 0.0249. The zero-order valence-electron chi connectivity index (χ0n) is 10.6. The van der Waals surface area contributed by atoms with Crippen molar-refractivity contribution in [1.29, 1.82) is 0 Å². The third-order valence-corrected chi connectivity index (χ3v) is 3.86. The van der Waals surface area contributed by atoms with Crippen LogP contribution >= 0.6 is 0 Å². The molecule has 3 heteroatoms. The van der Waals surface area contributed by atoms with E-state index in [1.54, 1.807) is 0 Å². The molecule has 0 bridgehead atoms. The number of hydrogen-bond donors (Lipinski definition) is 1. The van der Waals surface area contributed by atoms with E-state index in [2.05, 4.69) is 0 Å². The van der Waals surface area contributed by atoms with E-state index in [0.717, 1.165) is 17.2 Å². The first-order valence-electron chi connectivity index (χ1n) is 6.29. The van der Waals surface area contributed by atoms with Gasteiger partial charge < -0.3 is 5.11 Å². The van der Waals surface area contributed by atoms with E-state index in [-0.39, 0.29) is 5.56 Å². The molecule has 0 radical (unpaired) electrons. The van der Waals surface area contributed by atoms with Crippen LogP contribution in [0.15, 0.2) is 36.4 Å². The first-order chi connectivity index (χ1) is 9.02.